The molecule has 1 aliphatic rings. The van der Waals surface area contributed by atoms with Gasteiger partial charge in [-0.15, -0.1) is 0 Å². The molecule has 2 rings (SSSR count). The number of benzene rings is 1. The molecule has 1 atom stereocenters. The summed E-state index contributed by atoms with van der Waals surface area (Å²) < 4.78 is 5.48. The molecular formula is C14H21NO. The van der Waals surface area contributed by atoms with Crippen LogP contribution in [0.15, 0.2) is 12.1 Å². The molecule has 0 saturated carbocycles. The zero-order valence-electron chi connectivity index (χ0n) is 10.5. The molecule has 2 nitrogen and oxygen atoms in total. The van der Waals surface area contributed by atoms with Gasteiger partial charge in [0.25, 0.3) is 0 Å². The van der Waals surface area contributed by atoms with E-state index in [0.717, 1.165) is 12.3 Å². The summed E-state index contributed by atoms with van der Waals surface area (Å²) in [5, 5.41) is 3.59. The summed E-state index contributed by atoms with van der Waals surface area (Å²) in [5.41, 5.74) is 3.92. The first-order chi connectivity index (χ1) is 7.74. The summed E-state index contributed by atoms with van der Waals surface area (Å²) in [6.45, 7) is 5.40. The van der Waals surface area contributed by atoms with Crippen LogP contribution in [0.3, 0.4) is 0 Å². The highest BCUT2D eigenvalue weighted by molar-refractivity contribution is 5.46. The lowest BCUT2D eigenvalue weighted by Crippen LogP contribution is -2.27. The quantitative estimate of drug-likeness (QED) is 0.825. The van der Waals surface area contributed by atoms with E-state index in [4.69, 9.17) is 4.74 Å². The van der Waals surface area contributed by atoms with Crippen LogP contribution in [0.2, 0.25) is 0 Å². The van der Waals surface area contributed by atoms with Gasteiger partial charge in [-0.2, -0.15) is 0 Å². The van der Waals surface area contributed by atoms with E-state index in [-0.39, 0.29) is 0 Å². The Labute approximate surface area is 98.0 Å². The van der Waals surface area contributed by atoms with Gasteiger partial charge in [-0.25, -0.2) is 0 Å². The fourth-order valence-electron chi connectivity index (χ4n) is 2.65. The third-order valence-corrected chi connectivity index (χ3v) is 3.53. The van der Waals surface area contributed by atoms with Crippen LogP contribution in [0, 0.1) is 13.8 Å². The van der Waals surface area contributed by atoms with Crippen molar-refractivity contribution in [3.63, 3.8) is 0 Å². The Bertz CT molecular complexity index is 367. The van der Waals surface area contributed by atoms with Gasteiger partial charge >= 0.3 is 0 Å². The van der Waals surface area contributed by atoms with Crippen molar-refractivity contribution in [1.82, 2.24) is 5.32 Å². The molecule has 1 aromatic carbocycles. The van der Waals surface area contributed by atoms with E-state index in [9.17, 15) is 0 Å². The van der Waals surface area contributed by atoms with E-state index in [1.165, 1.54) is 36.0 Å². The lowest BCUT2D eigenvalue weighted by atomic mass is 9.92. The fourth-order valence-corrected chi connectivity index (χ4v) is 2.65. The van der Waals surface area contributed by atoms with E-state index in [1.54, 1.807) is 7.11 Å². The Morgan fingerprint density at radius 1 is 1.25 bits per heavy atom. The highest BCUT2D eigenvalue weighted by atomic mass is 16.5. The molecule has 1 unspecified atom stereocenters. The van der Waals surface area contributed by atoms with Crippen LogP contribution in [0.5, 0.6) is 5.75 Å². The van der Waals surface area contributed by atoms with E-state index in [0.29, 0.717) is 6.04 Å². The van der Waals surface area contributed by atoms with Crippen molar-refractivity contribution in [2.75, 3.05) is 13.7 Å². The third kappa shape index (κ3) is 2.07. The minimum absolute atomic E-state index is 0.517. The van der Waals surface area contributed by atoms with Gasteiger partial charge in [0.1, 0.15) is 5.75 Å². The zero-order valence-corrected chi connectivity index (χ0v) is 10.5. The van der Waals surface area contributed by atoms with Crippen LogP contribution in [0.25, 0.3) is 0 Å². The number of ether oxygens (including phenoxy) is 1. The number of aryl methyl sites for hydroxylation is 1. The number of nitrogens with one attached hydrogen (secondary N) is 1. The first-order valence-electron chi connectivity index (χ1n) is 6.11. The highest BCUT2D eigenvalue weighted by Gasteiger charge is 2.18. The second kappa shape index (κ2) is 4.88. The van der Waals surface area contributed by atoms with Crippen LogP contribution < -0.4 is 10.1 Å². The topological polar surface area (TPSA) is 21.3 Å². The van der Waals surface area contributed by atoms with Crippen molar-refractivity contribution >= 4 is 0 Å². The summed E-state index contributed by atoms with van der Waals surface area (Å²) in [5.74, 6) is 1.05. The van der Waals surface area contributed by atoms with E-state index < -0.39 is 0 Å². The fraction of sp³-hybridized carbons (Fsp3) is 0.571. The Kier molecular flexibility index (Phi) is 3.49. The first-order valence-corrected chi connectivity index (χ1v) is 6.11. The minimum atomic E-state index is 0.517. The summed E-state index contributed by atoms with van der Waals surface area (Å²) in [7, 11) is 1.76. The molecular weight excluding hydrogens is 198 g/mol. The molecule has 0 aliphatic carbocycles. The summed E-state index contributed by atoms with van der Waals surface area (Å²) in [4.78, 5) is 0. The van der Waals surface area contributed by atoms with Gasteiger partial charge in [-0.1, -0.05) is 18.6 Å². The monoisotopic (exact) mass is 219 g/mol. The zero-order chi connectivity index (χ0) is 11.5. The Hall–Kier alpha value is -1.02. The predicted octanol–water partition coefficient (Wildman–Crippen LogP) is 3.13. The SMILES string of the molecule is COc1c(C)ccc(C2CCCCN2)c1C. The summed E-state index contributed by atoms with van der Waals surface area (Å²) >= 11 is 0. The predicted molar refractivity (Wildman–Crippen MR) is 67.1 cm³/mol. The van der Waals surface area contributed by atoms with Crippen molar-refractivity contribution in [3.8, 4) is 5.75 Å². The third-order valence-electron chi connectivity index (χ3n) is 3.53. The summed E-state index contributed by atoms with van der Waals surface area (Å²) in [6.07, 6.45) is 3.87. The number of rotatable bonds is 2. The molecule has 88 valence electrons. The van der Waals surface area contributed by atoms with Gasteiger partial charge in [-0.05, 0) is 49.9 Å². The standard InChI is InChI=1S/C14H21NO/c1-10-7-8-12(11(2)14(10)16-3)13-6-4-5-9-15-13/h7-8,13,15H,4-6,9H2,1-3H3. The molecule has 0 bridgehead atoms. The minimum Gasteiger partial charge on any atom is -0.496 e. The normalized spacial score (nSPS) is 20.8. The molecule has 16 heavy (non-hydrogen) atoms. The lowest BCUT2D eigenvalue weighted by molar-refractivity contribution is 0.394. The maximum absolute atomic E-state index is 5.48. The van der Waals surface area contributed by atoms with Gasteiger partial charge in [0.05, 0.1) is 7.11 Å². The second-order valence-electron chi connectivity index (χ2n) is 4.63. The number of piperidine rings is 1. The van der Waals surface area contributed by atoms with Crippen molar-refractivity contribution < 1.29 is 4.74 Å². The lowest BCUT2D eigenvalue weighted by Gasteiger charge is -2.26. The number of hydrogen-bond donors (Lipinski definition) is 1. The summed E-state index contributed by atoms with van der Waals surface area (Å²) in [6, 6.07) is 4.93. The Morgan fingerprint density at radius 2 is 2.06 bits per heavy atom. The van der Waals surface area contributed by atoms with Crippen LogP contribution in [0.1, 0.15) is 42.0 Å². The molecule has 1 saturated heterocycles. The molecule has 1 aliphatic heterocycles. The van der Waals surface area contributed by atoms with E-state index >= 15 is 0 Å². The molecule has 1 heterocycles. The molecule has 0 amide bonds. The maximum atomic E-state index is 5.48. The first kappa shape index (κ1) is 11.5. The molecule has 1 fully saturated rings. The van der Waals surface area contributed by atoms with Crippen LogP contribution >= 0.6 is 0 Å². The Morgan fingerprint density at radius 3 is 2.69 bits per heavy atom. The highest BCUT2D eigenvalue weighted by Crippen LogP contribution is 2.32. The van der Waals surface area contributed by atoms with E-state index in [1.807, 2.05) is 0 Å². The van der Waals surface area contributed by atoms with Crippen molar-refractivity contribution in [2.24, 2.45) is 0 Å². The van der Waals surface area contributed by atoms with Gasteiger partial charge in [0, 0.05) is 6.04 Å². The average molecular weight is 219 g/mol. The average Bonchev–Trinajstić information content (AvgIpc) is 2.31. The van der Waals surface area contributed by atoms with Crippen LogP contribution in [-0.4, -0.2) is 13.7 Å². The van der Waals surface area contributed by atoms with E-state index in [2.05, 4.69) is 31.3 Å². The molecule has 1 aromatic rings. The number of methoxy groups -OCH3 is 1. The molecule has 0 aromatic heterocycles. The molecule has 0 spiro atoms. The van der Waals surface area contributed by atoms with Crippen molar-refractivity contribution in [2.45, 2.75) is 39.2 Å². The molecule has 1 N–H and O–H groups in total. The molecule has 0 radical (unpaired) electrons. The van der Waals surface area contributed by atoms with Crippen LogP contribution in [0.4, 0.5) is 0 Å². The van der Waals surface area contributed by atoms with Crippen molar-refractivity contribution in [3.05, 3.63) is 28.8 Å². The Balaban J connectivity index is 2.33. The molecule has 2 heteroatoms. The number of hydrogen-bond acceptors (Lipinski definition) is 2. The maximum Gasteiger partial charge on any atom is 0.125 e. The van der Waals surface area contributed by atoms with Gasteiger partial charge in [0.15, 0.2) is 0 Å². The van der Waals surface area contributed by atoms with Crippen molar-refractivity contribution in [1.29, 1.82) is 0 Å². The largest absolute Gasteiger partial charge is 0.496 e. The van der Waals surface area contributed by atoms with Crippen LogP contribution in [-0.2, 0) is 0 Å². The second-order valence-corrected chi connectivity index (χ2v) is 4.63. The van der Waals surface area contributed by atoms with Gasteiger partial charge in [0.2, 0.25) is 0 Å². The smallest absolute Gasteiger partial charge is 0.125 e. The van der Waals surface area contributed by atoms with Gasteiger partial charge < -0.3 is 10.1 Å². The van der Waals surface area contributed by atoms with Gasteiger partial charge in [-0.3, -0.25) is 0 Å².